The van der Waals surface area contributed by atoms with Crippen LogP contribution in [-0.2, 0) is 6.54 Å². The van der Waals surface area contributed by atoms with E-state index < -0.39 is 5.82 Å². The van der Waals surface area contributed by atoms with Gasteiger partial charge in [-0.15, -0.1) is 0 Å². The maximum absolute atomic E-state index is 13.4. The van der Waals surface area contributed by atoms with Crippen molar-refractivity contribution in [2.75, 3.05) is 0 Å². The molecular formula is C17H14FN3O2. The number of amides is 1. The number of halogens is 1. The zero-order valence-corrected chi connectivity index (χ0v) is 12.4. The quantitative estimate of drug-likeness (QED) is 0.809. The molecule has 6 heteroatoms. The Labute approximate surface area is 131 Å². The Hall–Kier alpha value is -3.02. The molecule has 0 unspecified atom stereocenters. The second-order valence-corrected chi connectivity index (χ2v) is 5.14. The Morgan fingerprint density at radius 3 is 2.83 bits per heavy atom. The minimum Gasteiger partial charge on any atom is -0.348 e. The molecule has 2 heterocycles. The van der Waals surface area contributed by atoms with Crippen molar-refractivity contribution in [2.24, 2.45) is 0 Å². The molecule has 0 atom stereocenters. The summed E-state index contributed by atoms with van der Waals surface area (Å²) in [5.41, 5.74) is 1.57. The van der Waals surface area contributed by atoms with Gasteiger partial charge in [0, 0.05) is 37.4 Å². The topological polar surface area (TPSA) is 64.0 Å². The van der Waals surface area contributed by atoms with Crippen molar-refractivity contribution in [3.8, 4) is 0 Å². The Kier molecular flexibility index (Phi) is 3.89. The predicted octanol–water partition coefficient (Wildman–Crippen LogP) is 2.77. The fourth-order valence-electron chi connectivity index (χ4n) is 2.42. The average Bonchev–Trinajstić information content (AvgIpc) is 2.92. The number of carbonyl (C=O) groups excluding carboxylic acids is 2. The van der Waals surface area contributed by atoms with Crippen LogP contribution in [0.15, 0.2) is 48.9 Å². The minimum atomic E-state index is -0.458. The predicted molar refractivity (Wildman–Crippen MR) is 83.6 cm³/mol. The van der Waals surface area contributed by atoms with Crippen molar-refractivity contribution in [3.63, 3.8) is 0 Å². The van der Waals surface area contributed by atoms with Gasteiger partial charge in [0.2, 0.25) is 5.91 Å². The van der Waals surface area contributed by atoms with Gasteiger partial charge in [-0.3, -0.25) is 19.1 Å². The zero-order valence-electron chi connectivity index (χ0n) is 12.4. The van der Waals surface area contributed by atoms with Gasteiger partial charge in [0.1, 0.15) is 5.82 Å². The van der Waals surface area contributed by atoms with Crippen molar-refractivity contribution < 1.29 is 14.0 Å². The second-order valence-electron chi connectivity index (χ2n) is 5.14. The molecule has 116 valence electrons. The van der Waals surface area contributed by atoms with Crippen LogP contribution in [0.4, 0.5) is 4.39 Å². The van der Waals surface area contributed by atoms with E-state index in [4.69, 9.17) is 0 Å². The number of carbonyl (C=O) groups is 2. The van der Waals surface area contributed by atoms with Crippen LogP contribution in [0.5, 0.6) is 0 Å². The molecule has 0 aliphatic heterocycles. The second kappa shape index (κ2) is 6.00. The lowest BCUT2D eigenvalue weighted by Gasteiger charge is -2.04. The molecule has 1 aromatic carbocycles. The third kappa shape index (κ3) is 2.96. The fourth-order valence-corrected chi connectivity index (χ4v) is 2.42. The van der Waals surface area contributed by atoms with E-state index >= 15 is 0 Å². The summed E-state index contributed by atoms with van der Waals surface area (Å²) >= 11 is 0. The third-order valence-electron chi connectivity index (χ3n) is 3.53. The van der Waals surface area contributed by atoms with Crippen molar-refractivity contribution >= 4 is 22.7 Å². The van der Waals surface area contributed by atoms with Crippen molar-refractivity contribution in [2.45, 2.75) is 13.5 Å². The van der Waals surface area contributed by atoms with Gasteiger partial charge < -0.3 is 5.32 Å². The van der Waals surface area contributed by atoms with E-state index in [1.807, 2.05) is 6.07 Å². The Bertz CT molecular complexity index is 887. The van der Waals surface area contributed by atoms with Crippen LogP contribution in [0.1, 0.15) is 27.6 Å². The molecule has 0 saturated carbocycles. The van der Waals surface area contributed by atoms with E-state index in [1.165, 1.54) is 35.9 Å². The fraction of sp³-hybridized carbons (Fsp3) is 0.118. The standard InChI is InChI=1S/C17H14FN3O2/c1-11(22)21-10-15(14-5-4-13(18)7-16(14)21)17(23)20-9-12-3-2-6-19-8-12/h2-8,10H,9H2,1H3,(H,20,23). The SMILES string of the molecule is CC(=O)n1cc(C(=O)NCc2cccnc2)c2ccc(F)cc21. The first-order valence-corrected chi connectivity index (χ1v) is 7.05. The van der Waals surface area contributed by atoms with Gasteiger partial charge in [-0.2, -0.15) is 0 Å². The highest BCUT2D eigenvalue weighted by molar-refractivity contribution is 6.09. The summed E-state index contributed by atoms with van der Waals surface area (Å²) in [7, 11) is 0. The first-order valence-electron chi connectivity index (χ1n) is 7.05. The summed E-state index contributed by atoms with van der Waals surface area (Å²) < 4.78 is 14.7. The van der Waals surface area contributed by atoms with E-state index in [1.54, 1.807) is 18.5 Å². The van der Waals surface area contributed by atoms with E-state index in [9.17, 15) is 14.0 Å². The molecule has 1 N–H and O–H groups in total. The lowest BCUT2D eigenvalue weighted by Crippen LogP contribution is -2.22. The number of hydrogen-bond donors (Lipinski definition) is 1. The van der Waals surface area contributed by atoms with Gasteiger partial charge in [0.25, 0.3) is 5.91 Å². The zero-order chi connectivity index (χ0) is 16.4. The summed E-state index contributed by atoms with van der Waals surface area (Å²) in [5.74, 6) is -1.07. The van der Waals surface area contributed by atoms with Crippen LogP contribution < -0.4 is 5.32 Å². The molecule has 5 nitrogen and oxygen atoms in total. The van der Waals surface area contributed by atoms with Crippen LogP contribution in [0.2, 0.25) is 0 Å². The summed E-state index contributed by atoms with van der Waals surface area (Å²) in [4.78, 5) is 28.1. The summed E-state index contributed by atoms with van der Waals surface area (Å²) in [6.45, 7) is 1.68. The molecule has 23 heavy (non-hydrogen) atoms. The van der Waals surface area contributed by atoms with Gasteiger partial charge >= 0.3 is 0 Å². The lowest BCUT2D eigenvalue weighted by atomic mass is 10.1. The highest BCUT2D eigenvalue weighted by Crippen LogP contribution is 2.22. The van der Waals surface area contributed by atoms with Crippen LogP contribution in [0, 0.1) is 5.82 Å². The molecule has 1 amide bonds. The molecule has 3 aromatic rings. The van der Waals surface area contributed by atoms with Gasteiger partial charge in [0.15, 0.2) is 0 Å². The van der Waals surface area contributed by atoms with Gasteiger partial charge in [-0.05, 0) is 29.8 Å². The molecule has 3 rings (SSSR count). The molecule has 0 radical (unpaired) electrons. The number of aromatic nitrogens is 2. The highest BCUT2D eigenvalue weighted by Gasteiger charge is 2.17. The molecular weight excluding hydrogens is 297 g/mol. The number of rotatable bonds is 3. The van der Waals surface area contributed by atoms with Crippen molar-refractivity contribution in [1.82, 2.24) is 14.9 Å². The number of hydrogen-bond acceptors (Lipinski definition) is 3. The maximum Gasteiger partial charge on any atom is 0.253 e. The van der Waals surface area contributed by atoms with E-state index in [-0.39, 0.29) is 11.8 Å². The van der Waals surface area contributed by atoms with Crippen LogP contribution >= 0.6 is 0 Å². The number of nitrogens with zero attached hydrogens (tertiary/aromatic N) is 2. The Morgan fingerprint density at radius 1 is 1.30 bits per heavy atom. The monoisotopic (exact) mass is 311 g/mol. The summed E-state index contributed by atoms with van der Waals surface area (Å²) in [6, 6.07) is 7.65. The molecule has 0 spiro atoms. The van der Waals surface area contributed by atoms with E-state index in [2.05, 4.69) is 10.3 Å². The maximum atomic E-state index is 13.4. The summed E-state index contributed by atoms with van der Waals surface area (Å²) in [5, 5.41) is 3.31. The number of pyridine rings is 1. The Balaban J connectivity index is 1.93. The number of benzene rings is 1. The Morgan fingerprint density at radius 2 is 2.13 bits per heavy atom. The smallest absolute Gasteiger partial charge is 0.253 e. The van der Waals surface area contributed by atoms with Crippen LogP contribution in [0.25, 0.3) is 10.9 Å². The minimum absolute atomic E-state index is 0.285. The summed E-state index contributed by atoms with van der Waals surface area (Å²) in [6.07, 6.45) is 4.75. The molecule has 0 saturated heterocycles. The lowest BCUT2D eigenvalue weighted by molar-refractivity contribution is 0.0941. The van der Waals surface area contributed by atoms with Crippen molar-refractivity contribution in [3.05, 3.63) is 65.9 Å². The van der Waals surface area contributed by atoms with E-state index in [0.29, 0.717) is 23.0 Å². The van der Waals surface area contributed by atoms with Gasteiger partial charge in [0.05, 0.1) is 11.1 Å². The van der Waals surface area contributed by atoms with Crippen LogP contribution in [-0.4, -0.2) is 21.4 Å². The highest BCUT2D eigenvalue weighted by atomic mass is 19.1. The third-order valence-corrected chi connectivity index (χ3v) is 3.53. The molecule has 2 aromatic heterocycles. The molecule has 0 aliphatic rings. The van der Waals surface area contributed by atoms with E-state index in [0.717, 1.165) is 5.56 Å². The van der Waals surface area contributed by atoms with Crippen LogP contribution in [0.3, 0.4) is 0 Å². The van der Waals surface area contributed by atoms with Gasteiger partial charge in [-0.25, -0.2) is 4.39 Å². The van der Waals surface area contributed by atoms with Gasteiger partial charge in [-0.1, -0.05) is 6.07 Å². The molecule has 0 bridgehead atoms. The first-order chi connectivity index (χ1) is 11.1. The number of fused-ring (bicyclic) bond motifs is 1. The largest absolute Gasteiger partial charge is 0.348 e. The van der Waals surface area contributed by atoms with Crippen molar-refractivity contribution in [1.29, 1.82) is 0 Å². The first kappa shape index (κ1) is 14.9. The molecule has 0 fully saturated rings. The average molecular weight is 311 g/mol. The normalized spacial score (nSPS) is 10.7. The number of nitrogens with one attached hydrogen (secondary N) is 1. The molecule has 0 aliphatic carbocycles.